The van der Waals surface area contributed by atoms with E-state index in [2.05, 4.69) is 55.2 Å². The molecule has 0 amide bonds. The average Bonchev–Trinajstić information content (AvgIpc) is 3.31. The maximum atomic E-state index is 15.1. The Kier molecular flexibility index (Phi) is 6.30. The fourth-order valence-corrected chi connectivity index (χ4v) is 7.49. The van der Waals surface area contributed by atoms with Gasteiger partial charge in [-0.25, -0.2) is 8.78 Å². The Morgan fingerprint density at radius 1 is 0.778 bits per heavy atom. The molecule has 0 N–H and O–H groups in total. The normalized spacial score (nSPS) is 19.5. The summed E-state index contributed by atoms with van der Waals surface area (Å²) in [7, 11) is 1.65. The van der Waals surface area contributed by atoms with Crippen molar-refractivity contribution in [3.63, 3.8) is 0 Å². The number of methoxy groups -OCH3 is 1. The molecule has 1 atom stereocenters. The molecular formula is C39H33F2NO3. The number of benzene rings is 5. The zero-order chi connectivity index (χ0) is 30.9. The molecule has 1 unspecified atom stereocenters. The van der Waals surface area contributed by atoms with Crippen molar-refractivity contribution in [3.05, 3.63) is 130 Å². The molecule has 2 aliphatic heterocycles. The predicted octanol–water partition coefficient (Wildman–Crippen LogP) is 8.62. The van der Waals surface area contributed by atoms with Gasteiger partial charge in [-0.1, -0.05) is 56.3 Å². The molecule has 4 nitrogen and oxygen atoms in total. The summed E-state index contributed by atoms with van der Waals surface area (Å²) in [5.74, 6) is 0.739. The lowest BCUT2D eigenvalue weighted by molar-refractivity contribution is 0.122. The minimum absolute atomic E-state index is 0.273. The standard InChI is InChI=1S/C39H33F2NO3/c1-38(2)34-23-27(41)9-15-31(34)35-30-14-8-26(40)22-33(30)37-32(36(35)38)16-17-39(45-37,25-6-12-29(43-3)13-7-25)24-4-10-28(11-5-24)42-18-20-44-21-19-42/h4-17,22-23H,18-21H2,1-3H3. The predicted molar refractivity (Wildman–Crippen MR) is 174 cm³/mol. The molecule has 2 heterocycles. The Balaban J connectivity index is 1.36. The Labute approximate surface area is 261 Å². The first kappa shape index (κ1) is 27.8. The van der Waals surface area contributed by atoms with E-state index < -0.39 is 11.0 Å². The molecule has 0 spiro atoms. The molecule has 226 valence electrons. The van der Waals surface area contributed by atoms with E-state index in [0.29, 0.717) is 24.3 Å². The van der Waals surface area contributed by atoms with Crippen molar-refractivity contribution < 1.29 is 23.0 Å². The molecule has 0 aromatic heterocycles. The first-order chi connectivity index (χ1) is 21.8. The van der Waals surface area contributed by atoms with E-state index >= 15 is 4.39 Å². The van der Waals surface area contributed by atoms with Gasteiger partial charge in [0.1, 0.15) is 23.1 Å². The number of rotatable bonds is 4. The van der Waals surface area contributed by atoms with Crippen LogP contribution in [-0.4, -0.2) is 33.4 Å². The molecule has 45 heavy (non-hydrogen) atoms. The minimum atomic E-state index is -1.00. The molecule has 0 radical (unpaired) electrons. The van der Waals surface area contributed by atoms with E-state index in [0.717, 1.165) is 68.9 Å². The Morgan fingerprint density at radius 3 is 2.16 bits per heavy atom. The van der Waals surface area contributed by atoms with Gasteiger partial charge >= 0.3 is 0 Å². The third-order valence-corrected chi connectivity index (χ3v) is 9.75. The van der Waals surface area contributed by atoms with Crippen LogP contribution in [0.2, 0.25) is 0 Å². The van der Waals surface area contributed by atoms with Crippen molar-refractivity contribution in [3.8, 4) is 22.6 Å². The van der Waals surface area contributed by atoms with Crippen molar-refractivity contribution in [1.29, 1.82) is 0 Å². The summed E-state index contributed by atoms with van der Waals surface area (Å²) in [5, 5.41) is 1.56. The van der Waals surface area contributed by atoms with Gasteiger partial charge < -0.3 is 19.1 Å². The first-order valence-corrected chi connectivity index (χ1v) is 15.4. The van der Waals surface area contributed by atoms with E-state index in [1.807, 2.05) is 36.4 Å². The third kappa shape index (κ3) is 4.19. The molecule has 5 aromatic carbocycles. The maximum absolute atomic E-state index is 15.1. The lowest BCUT2D eigenvalue weighted by atomic mass is 9.76. The number of halogens is 2. The maximum Gasteiger partial charge on any atom is 0.178 e. The van der Waals surface area contributed by atoms with Gasteiger partial charge in [-0.15, -0.1) is 0 Å². The number of hydrogen-bond donors (Lipinski definition) is 0. The van der Waals surface area contributed by atoms with Gasteiger partial charge in [0.25, 0.3) is 0 Å². The van der Waals surface area contributed by atoms with Crippen LogP contribution in [0.15, 0.2) is 91.0 Å². The quantitative estimate of drug-likeness (QED) is 0.206. The summed E-state index contributed by atoms with van der Waals surface area (Å²) in [4.78, 5) is 2.32. The molecular weight excluding hydrogens is 568 g/mol. The van der Waals surface area contributed by atoms with Crippen molar-refractivity contribution in [1.82, 2.24) is 0 Å². The van der Waals surface area contributed by atoms with Crippen LogP contribution in [-0.2, 0) is 15.8 Å². The fourth-order valence-electron chi connectivity index (χ4n) is 7.49. The topological polar surface area (TPSA) is 30.9 Å². The van der Waals surface area contributed by atoms with Crippen LogP contribution in [0.3, 0.4) is 0 Å². The largest absolute Gasteiger partial charge is 0.497 e. The number of fused-ring (bicyclic) bond motifs is 8. The Hall–Kier alpha value is -4.68. The molecule has 8 rings (SSSR count). The molecule has 6 heteroatoms. The number of hydrogen-bond acceptors (Lipinski definition) is 4. The molecule has 5 aromatic rings. The fraction of sp³-hybridized carbons (Fsp3) is 0.231. The molecule has 1 fully saturated rings. The molecule has 0 bridgehead atoms. The monoisotopic (exact) mass is 601 g/mol. The second-order valence-electron chi connectivity index (χ2n) is 12.5. The highest BCUT2D eigenvalue weighted by Gasteiger charge is 2.44. The molecule has 3 aliphatic rings. The number of nitrogens with zero attached hydrogens (tertiary/aromatic N) is 1. The van der Waals surface area contributed by atoms with E-state index in [9.17, 15) is 4.39 Å². The van der Waals surface area contributed by atoms with Crippen molar-refractivity contribution >= 4 is 22.5 Å². The molecule has 1 aliphatic carbocycles. The van der Waals surface area contributed by atoms with Gasteiger partial charge in [-0.05, 0) is 82.2 Å². The summed E-state index contributed by atoms with van der Waals surface area (Å²) in [5.41, 5.74) is 6.31. The van der Waals surface area contributed by atoms with Gasteiger partial charge in [0, 0.05) is 46.3 Å². The van der Waals surface area contributed by atoms with Crippen LogP contribution in [0, 0.1) is 11.6 Å². The van der Waals surface area contributed by atoms with Gasteiger partial charge in [0.2, 0.25) is 0 Å². The number of anilines is 1. The van der Waals surface area contributed by atoms with Crippen LogP contribution in [0.1, 0.15) is 41.7 Å². The lowest BCUT2D eigenvalue weighted by Crippen LogP contribution is -2.37. The SMILES string of the molecule is COc1ccc(C2(c3ccc(N4CCOCC4)cc3)C=Cc3c4c(c5ccc(F)cc5c3O2)-c2ccc(F)cc2C4(C)C)cc1. The van der Waals surface area contributed by atoms with Crippen molar-refractivity contribution in [2.45, 2.75) is 24.9 Å². The first-order valence-electron chi connectivity index (χ1n) is 15.4. The summed E-state index contributed by atoms with van der Waals surface area (Å²) in [6.45, 7) is 7.35. The summed E-state index contributed by atoms with van der Waals surface area (Å²) < 4.78 is 47.9. The van der Waals surface area contributed by atoms with Gasteiger partial charge in [-0.2, -0.15) is 0 Å². The summed E-state index contributed by atoms with van der Waals surface area (Å²) in [6, 6.07) is 26.2. The molecule has 0 saturated carbocycles. The second-order valence-corrected chi connectivity index (χ2v) is 12.5. The zero-order valence-electron chi connectivity index (χ0n) is 25.5. The summed E-state index contributed by atoms with van der Waals surface area (Å²) >= 11 is 0. The van der Waals surface area contributed by atoms with Gasteiger partial charge in [0.15, 0.2) is 5.60 Å². The van der Waals surface area contributed by atoms with Crippen LogP contribution >= 0.6 is 0 Å². The average molecular weight is 602 g/mol. The highest BCUT2D eigenvalue weighted by Crippen LogP contribution is 2.58. The van der Waals surface area contributed by atoms with E-state index in [4.69, 9.17) is 14.2 Å². The second kappa shape index (κ2) is 10.2. The van der Waals surface area contributed by atoms with Gasteiger partial charge in [0.05, 0.1) is 20.3 Å². The van der Waals surface area contributed by atoms with E-state index in [-0.39, 0.29) is 11.6 Å². The Morgan fingerprint density at radius 2 is 1.44 bits per heavy atom. The van der Waals surface area contributed by atoms with Gasteiger partial charge in [-0.3, -0.25) is 0 Å². The smallest absolute Gasteiger partial charge is 0.178 e. The highest BCUT2D eigenvalue weighted by molar-refractivity contribution is 6.08. The van der Waals surface area contributed by atoms with Crippen LogP contribution < -0.4 is 14.4 Å². The number of ether oxygens (including phenoxy) is 3. The third-order valence-electron chi connectivity index (χ3n) is 9.75. The van der Waals surface area contributed by atoms with Crippen molar-refractivity contribution in [2.75, 3.05) is 38.3 Å². The highest BCUT2D eigenvalue weighted by atomic mass is 19.1. The van der Waals surface area contributed by atoms with Crippen molar-refractivity contribution in [2.24, 2.45) is 0 Å². The lowest BCUT2D eigenvalue weighted by Gasteiger charge is -2.38. The zero-order valence-corrected chi connectivity index (χ0v) is 25.5. The summed E-state index contributed by atoms with van der Waals surface area (Å²) in [6.07, 6.45) is 4.22. The minimum Gasteiger partial charge on any atom is -0.497 e. The van der Waals surface area contributed by atoms with Crippen LogP contribution in [0.4, 0.5) is 14.5 Å². The van der Waals surface area contributed by atoms with E-state index in [1.54, 1.807) is 19.2 Å². The Bertz CT molecular complexity index is 1990. The molecule has 1 saturated heterocycles. The van der Waals surface area contributed by atoms with E-state index in [1.165, 1.54) is 12.1 Å². The van der Waals surface area contributed by atoms with Crippen LogP contribution in [0.5, 0.6) is 11.5 Å². The number of morpholine rings is 1. The van der Waals surface area contributed by atoms with Crippen LogP contribution in [0.25, 0.3) is 28.0 Å².